The molecule has 0 bridgehead atoms. The van der Waals surface area contributed by atoms with Gasteiger partial charge in [-0.2, -0.15) is 0 Å². The smallest absolute Gasteiger partial charge is 0.222 e. The van der Waals surface area contributed by atoms with E-state index in [9.17, 15) is 0 Å². The average molecular weight is 256 g/mol. The minimum Gasteiger partial charge on any atom is -0.439 e. The van der Waals surface area contributed by atoms with Crippen molar-refractivity contribution in [2.24, 2.45) is 5.73 Å². The largest absolute Gasteiger partial charge is 0.439 e. The Bertz CT molecular complexity index is 579. The number of hydrogen-bond acceptors (Lipinski definition) is 3. The number of aryl methyl sites for hydroxylation is 3. The highest BCUT2D eigenvalue weighted by atomic mass is 16.5. The Kier molecular flexibility index (Phi) is 4.17. The molecule has 0 fully saturated rings. The van der Waals surface area contributed by atoms with Crippen LogP contribution in [0.2, 0.25) is 0 Å². The molecule has 1 aromatic heterocycles. The summed E-state index contributed by atoms with van der Waals surface area (Å²) in [6, 6.07) is 8.14. The zero-order valence-electron chi connectivity index (χ0n) is 11.7. The zero-order chi connectivity index (χ0) is 13.8. The summed E-state index contributed by atoms with van der Waals surface area (Å²) in [5.41, 5.74) is 10.2. The number of aromatic nitrogens is 1. The molecule has 0 aliphatic heterocycles. The van der Waals surface area contributed by atoms with Gasteiger partial charge >= 0.3 is 0 Å². The van der Waals surface area contributed by atoms with E-state index in [1.807, 2.05) is 25.3 Å². The Morgan fingerprint density at radius 3 is 2.47 bits per heavy atom. The Morgan fingerprint density at radius 1 is 1.05 bits per heavy atom. The summed E-state index contributed by atoms with van der Waals surface area (Å²) in [5.74, 6) is 1.48. The van der Waals surface area contributed by atoms with Crippen LogP contribution in [0.1, 0.15) is 22.3 Å². The minimum absolute atomic E-state index is 0.637. The van der Waals surface area contributed by atoms with Gasteiger partial charge in [0.1, 0.15) is 5.75 Å². The predicted octanol–water partition coefficient (Wildman–Crippen LogP) is 3.30. The van der Waals surface area contributed by atoms with Crippen LogP contribution in [0.25, 0.3) is 0 Å². The zero-order valence-corrected chi connectivity index (χ0v) is 11.7. The van der Waals surface area contributed by atoms with Crippen molar-refractivity contribution in [1.82, 2.24) is 4.98 Å². The number of nitrogens with zero attached hydrogens (tertiary/aromatic N) is 1. The van der Waals surface area contributed by atoms with Gasteiger partial charge in [0.05, 0.1) is 0 Å². The Labute approximate surface area is 114 Å². The van der Waals surface area contributed by atoms with Gasteiger partial charge < -0.3 is 10.5 Å². The fourth-order valence-corrected chi connectivity index (χ4v) is 1.92. The van der Waals surface area contributed by atoms with Gasteiger partial charge in [-0.05, 0) is 68.6 Å². The van der Waals surface area contributed by atoms with Crippen molar-refractivity contribution in [2.75, 3.05) is 6.54 Å². The van der Waals surface area contributed by atoms with Crippen molar-refractivity contribution >= 4 is 0 Å². The average Bonchev–Trinajstić information content (AvgIpc) is 2.37. The summed E-state index contributed by atoms with van der Waals surface area (Å²) in [4.78, 5) is 4.37. The van der Waals surface area contributed by atoms with Crippen LogP contribution < -0.4 is 10.5 Å². The topological polar surface area (TPSA) is 48.1 Å². The van der Waals surface area contributed by atoms with Crippen LogP contribution >= 0.6 is 0 Å². The molecule has 19 heavy (non-hydrogen) atoms. The number of pyridine rings is 1. The summed E-state index contributed by atoms with van der Waals surface area (Å²) < 4.78 is 5.84. The summed E-state index contributed by atoms with van der Waals surface area (Å²) in [5, 5.41) is 0. The van der Waals surface area contributed by atoms with Crippen LogP contribution in [0.5, 0.6) is 11.6 Å². The molecule has 0 amide bonds. The molecule has 0 radical (unpaired) electrons. The fraction of sp³-hybridized carbons (Fsp3) is 0.312. The van der Waals surface area contributed by atoms with Gasteiger partial charge in [-0.3, -0.25) is 0 Å². The van der Waals surface area contributed by atoms with Crippen molar-refractivity contribution < 1.29 is 4.74 Å². The molecule has 0 aliphatic rings. The summed E-state index contributed by atoms with van der Waals surface area (Å²) in [6.07, 6.45) is 2.67. The van der Waals surface area contributed by atoms with Crippen LogP contribution in [0.4, 0.5) is 0 Å². The molecule has 100 valence electrons. The van der Waals surface area contributed by atoms with Crippen molar-refractivity contribution in [3.05, 3.63) is 52.7 Å². The molecule has 1 heterocycles. The van der Waals surface area contributed by atoms with Crippen LogP contribution in [-0.4, -0.2) is 11.5 Å². The molecule has 0 atom stereocenters. The van der Waals surface area contributed by atoms with Crippen molar-refractivity contribution in [1.29, 1.82) is 0 Å². The van der Waals surface area contributed by atoms with Crippen LogP contribution in [0, 0.1) is 20.8 Å². The first-order chi connectivity index (χ1) is 9.10. The lowest BCUT2D eigenvalue weighted by atomic mass is 10.1. The molecule has 0 saturated carbocycles. The normalized spacial score (nSPS) is 10.5. The van der Waals surface area contributed by atoms with E-state index in [4.69, 9.17) is 10.5 Å². The molecule has 3 nitrogen and oxygen atoms in total. The van der Waals surface area contributed by atoms with Crippen LogP contribution in [-0.2, 0) is 6.42 Å². The van der Waals surface area contributed by atoms with E-state index in [2.05, 4.69) is 31.0 Å². The highest BCUT2D eigenvalue weighted by Crippen LogP contribution is 2.25. The quantitative estimate of drug-likeness (QED) is 0.913. The number of hydrogen-bond donors (Lipinski definition) is 1. The third-order valence-corrected chi connectivity index (χ3v) is 3.21. The van der Waals surface area contributed by atoms with Crippen LogP contribution in [0.3, 0.4) is 0 Å². The van der Waals surface area contributed by atoms with Crippen molar-refractivity contribution in [2.45, 2.75) is 27.2 Å². The highest BCUT2D eigenvalue weighted by Gasteiger charge is 2.05. The van der Waals surface area contributed by atoms with E-state index in [0.29, 0.717) is 12.4 Å². The van der Waals surface area contributed by atoms with E-state index < -0.39 is 0 Å². The molecular weight excluding hydrogens is 236 g/mol. The minimum atomic E-state index is 0.637. The van der Waals surface area contributed by atoms with Gasteiger partial charge in [-0.25, -0.2) is 4.98 Å². The number of ether oxygens (including phenoxy) is 1. The summed E-state index contributed by atoms with van der Waals surface area (Å²) in [7, 11) is 0. The van der Waals surface area contributed by atoms with E-state index >= 15 is 0 Å². The first-order valence-corrected chi connectivity index (χ1v) is 6.51. The molecule has 0 unspecified atom stereocenters. The fourth-order valence-electron chi connectivity index (χ4n) is 1.92. The molecule has 1 aromatic carbocycles. The molecule has 0 spiro atoms. The maximum absolute atomic E-state index is 5.84. The number of rotatable bonds is 4. The van der Waals surface area contributed by atoms with E-state index in [1.54, 1.807) is 0 Å². The Balaban J connectivity index is 2.20. The molecule has 2 N–H and O–H groups in total. The van der Waals surface area contributed by atoms with Gasteiger partial charge in [-0.1, -0.05) is 6.07 Å². The third kappa shape index (κ3) is 3.32. The van der Waals surface area contributed by atoms with Crippen molar-refractivity contribution in [3.63, 3.8) is 0 Å². The molecule has 2 rings (SSSR count). The lowest BCUT2D eigenvalue weighted by Gasteiger charge is -2.10. The molecule has 2 aromatic rings. The van der Waals surface area contributed by atoms with Gasteiger partial charge in [0.2, 0.25) is 5.88 Å². The first-order valence-electron chi connectivity index (χ1n) is 6.51. The maximum atomic E-state index is 5.84. The summed E-state index contributed by atoms with van der Waals surface area (Å²) in [6.45, 7) is 6.80. The van der Waals surface area contributed by atoms with Gasteiger partial charge in [-0.15, -0.1) is 0 Å². The van der Waals surface area contributed by atoms with E-state index in [-0.39, 0.29) is 0 Å². The van der Waals surface area contributed by atoms with Gasteiger partial charge in [0, 0.05) is 11.8 Å². The SMILES string of the molecule is Cc1ccc(Oc2ncc(CCN)cc2C)cc1C. The second-order valence-electron chi connectivity index (χ2n) is 4.85. The maximum Gasteiger partial charge on any atom is 0.222 e. The van der Waals surface area contributed by atoms with Gasteiger partial charge in [0.15, 0.2) is 0 Å². The molecule has 0 saturated heterocycles. The monoisotopic (exact) mass is 256 g/mol. The second-order valence-corrected chi connectivity index (χ2v) is 4.85. The molecular formula is C16H20N2O. The van der Waals surface area contributed by atoms with Crippen molar-refractivity contribution in [3.8, 4) is 11.6 Å². The Hall–Kier alpha value is -1.87. The number of benzene rings is 1. The van der Waals surface area contributed by atoms with E-state index in [0.717, 1.165) is 23.3 Å². The summed E-state index contributed by atoms with van der Waals surface area (Å²) >= 11 is 0. The van der Waals surface area contributed by atoms with E-state index in [1.165, 1.54) is 11.1 Å². The third-order valence-electron chi connectivity index (χ3n) is 3.21. The number of nitrogens with two attached hydrogens (primary N) is 1. The lowest BCUT2D eigenvalue weighted by Crippen LogP contribution is -2.03. The molecule has 0 aliphatic carbocycles. The van der Waals surface area contributed by atoms with Crippen LogP contribution in [0.15, 0.2) is 30.5 Å². The highest BCUT2D eigenvalue weighted by molar-refractivity contribution is 5.38. The standard InChI is InChI=1S/C16H20N2O/c1-11-4-5-15(9-12(11)2)19-16-13(3)8-14(6-7-17)10-18-16/h4-5,8-10H,6-7,17H2,1-3H3. The lowest BCUT2D eigenvalue weighted by molar-refractivity contribution is 0.458. The molecule has 3 heteroatoms. The predicted molar refractivity (Wildman–Crippen MR) is 77.7 cm³/mol. The Morgan fingerprint density at radius 2 is 1.84 bits per heavy atom. The second kappa shape index (κ2) is 5.85. The first kappa shape index (κ1) is 13.6. The van der Waals surface area contributed by atoms with Gasteiger partial charge in [0.25, 0.3) is 0 Å².